The molecule has 3 aromatic rings. The Balaban J connectivity index is 0.000000258. The average Bonchev–Trinajstić information content (AvgIpc) is 2.92. The molecular formula is C26H27N3O4S2. The van der Waals surface area contributed by atoms with Gasteiger partial charge in [-0.1, -0.05) is 18.2 Å². The van der Waals surface area contributed by atoms with Gasteiger partial charge in [0.15, 0.2) is 23.9 Å². The van der Waals surface area contributed by atoms with Crippen molar-refractivity contribution in [2.24, 2.45) is 10.7 Å². The van der Waals surface area contributed by atoms with E-state index in [-0.39, 0.29) is 0 Å². The maximum Gasteiger partial charge on any atom is 0.179 e. The predicted molar refractivity (Wildman–Crippen MR) is 142 cm³/mol. The average molecular weight is 510 g/mol. The molecule has 0 amide bonds. The van der Waals surface area contributed by atoms with E-state index in [9.17, 15) is 4.79 Å². The number of nitrogens with two attached hydrogens (primary N) is 1. The Bertz CT molecular complexity index is 1160. The Morgan fingerprint density at radius 3 is 2.34 bits per heavy atom. The maximum absolute atomic E-state index is 11.2. The highest BCUT2D eigenvalue weighted by Crippen LogP contribution is 2.39. The summed E-state index contributed by atoms with van der Waals surface area (Å²) in [6.07, 6.45) is 2.09. The summed E-state index contributed by atoms with van der Waals surface area (Å²) in [5, 5.41) is 8.85. The Morgan fingerprint density at radius 2 is 1.80 bits per heavy atom. The molecule has 3 rings (SSSR count). The van der Waals surface area contributed by atoms with Gasteiger partial charge in [-0.05, 0) is 54.9 Å². The second-order valence-corrected chi connectivity index (χ2v) is 8.67. The Morgan fingerprint density at radius 1 is 1.11 bits per heavy atom. The monoisotopic (exact) mass is 509 g/mol. The highest BCUT2D eigenvalue weighted by atomic mass is 32.2. The van der Waals surface area contributed by atoms with Gasteiger partial charge in [0.25, 0.3) is 0 Å². The Hall–Kier alpha value is -3.45. The fraction of sp³-hybridized carbons (Fsp3) is 0.192. The molecule has 0 aromatic heterocycles. The Labute approximate surface area is 214 Å². The van der Waals surface area contributed by atoms with Gasteiger partial charge in [-0.3, -0.25) is 9.79 Å². The van der Waals surface area contributed by atoms with Crippen molar-refractivity contribution < 1.29 is 19.0 Å². The van der Waals surface area contributed by atoms with Gasteiger partial charge in [0, 0.05) is 21.7 Å². The predicted octanol–water partition coefficient (Wildman–Crippen LogP) is 5.64. The topological polar surface area (TPSA) is 107 Å². The minimum Gasteiger partial charge on any atom is -0.493 e. The van der Waals surface area contributed by atoms with E-state index in [1.54, 1.807) is 56.3 Å². The molecule has 0 aliphatic heterocycles. The van der Waals surface area contributed by atoms with Gasteiger partial charge in [0.1, 0.15) is 5.75 Å². The van der Waals surface area contributed by atoms with Gasteiger partial charge in [-0.2, -0.15) is 5.26 Å². The van der Waals surface area contributed by atoms with Crippen LogP contribution >= 0.6 is 23.5 Å². The second-order valence-electron chi connectivity index (χ2n) is 6.73. The van der Waals surface area contributed by atoms with Crippen LogP contribution in [0.4, 0.5) is 5.69 Å². The van der Waals surface area contributed by atoms with E-state index in [0.717, 1.165) is 27.3 Å². The molecule has 0 radical (unpaired) electrons. The zero-order valence-corrected chi connectivity index (χ0v) is 21.4. The molecule has 7 nitrogen and oxygen atoms in total. The van der Waals surface area contributed by atoms with Crippen molar-refractivity contribution in [1.82, 2.24) is 0 Å². The van der Waals surface area contributed by atoms with Crippen molar-refractivity contribution in [2.45, 2.75) is 15.9 Å². The molecule has 35 heavy (non-hydrogen) atoms. The van der Waals surface area contributed by atoms with E-state index in [1.165, 1.54) is 11.8 Å². The number of carbonyl (C=O) groups is 1. The van der Waals surface area contributed by atoms with Crippen LogP contribution in [0, 0.1) is 11.3 Å². The number of nitriles is 1. The van der Waals surface area contributed by atoms with Gasteiger partial charge >= 0.3 is 0 Å². The van der Waals surface area contributed by atoms with Gasteiger partial charge < -0.3 is 19.9 Å². The molecule has 1 atom stereocenters. The lowest BCUT2D eigenvalue weighted by Gasteiger charge is -2.14. The number of methoxy groups -OCH3 is 2. The van der Waals surface area contributed by atoms with Crippen LogP contribution in [0.1, 0.15) is 17.2 Å². The van der Waals surface area contributed by atoms with Crippen molar-refractivity contribution in [2.75, 3.05) is 26.4 Å². The lowest BCUT2D eigenvalue weighted by molar-refractivity contribution is -0.113. The molecule has 0 saturated heterocycles. The number of hydrogen-bond donors (Lipinski definition) is 1. The van der Waals surface area contributed by atoms with Crippen LogP contribution in [-0.2, 0) is 4.79 Å². The fourth-order valence-electron chi connectivity index (χ4n) is 2.93. The molecule has 1 unspecified atom stereocenters. The zero-order valence-electron chi connectivity index (χ0n) is 19.8. The van der Waals surface area contributed by atoms with Crippen molar-refractivity contribution >= 4 is 42.2 Å². The molecule has 0 aliphatic rings. The van der Waals surface area contributed by atoms with Crippen LogP contribution in [0.2, 0.25) is 0 Å². The van der Waals surface area contributed by atoms with E-state index in [4.69, 9.17) is 25.2 Å². The first-order chi connectivity index (χ1) is 17.0. The van der Waals surface area contributed by atoms with E-state index < -0.39 is 6.10 Å². The van der Waals surface area contributed by atoms with Crippen LogP contribution in [-0.4, -0.2) is 39.4 Å². The van der Waals surface area contributed by atoms with E-state index >= 15 is 0 Å². The van der Waals surface area contributed by atoms with Gasteiger partial charge in [0.05, 0.1) is 31.5 Å². The fourth-order valence-corrected chi connectivity index (χ4v) is 3.98. The summed E-state index contributed by atoms with van der Waals surface area (Å²) in [6, 6.07) is 20.1. The van der Waals surface area contributed by atoms with Gasteiger partial charge in [-0.25, -0.2) is 0 Å². The molecule has 0 aliphatic carbocycles. The van der Waals surface area contributed by atoms with Crippen LogP contribution in [0.5, 0.6) is 17.2 Å². The van der Waals surface area contributed by atoms with E-state index in [0.29, 0.717) is 28.7 Å². The molecular weight excluding hydrogens is 482 g/mol. The minimum absolute atomic E-state index is 0.484. The molecule has 0 heterocycles. The smallest absolute Gasteiger partial charge is 0.179 e. The van der Waals surface area contributed by atoms with Crippen LogP contribution in [0.25, 0.3) is 0 Å². The molecule has 9 heteroatoms. The summed E-state index contributed by atoms with van der Waals surface area (Å²) in [4.78, 5) is 17.2. The summed E-state index contributed by atoms with van der Waals surface area (Å²) < 4.78 is 16.0. The minimum atomic E-state index is -0.667. The number of aliphatic imine (C=N–C) groups is 1. The van der Waals surface area contributed by atoms with Crippen molar-refractivity contribution in [3.63, 3.8) is 0 Å². The number of benzene rings is 3. The van der Waals surface area contributed by atoms with Crippen molar-refractivity contribution in [3.05, 3.63) is 71.8 Å². The first-order valence-electron chi connectivity index (χ1n) is 10.3. The number of rotatable bonds is 10. The highest BCUT2D eigenvalue weighted by molar-refractivity contribution is 7.99. The lowest BCUT2D eigenvalue weighted by Crippen LogP contribution is -2.08. The normalized spacial score (nSPS) is 10.7. The maximum atomic E-state index is 11.2. The summed E-state index contributed by atoms with van der Waals surface area (Å²) in [6.45, 7) is 3.50. The molecule has 0 saturated carbocycles. The quantitative estimate of drug-likeness (QED) is 0.162. The number of thioether (sulfide) groups is 2. The van der Waals surface area contributed by atoms with Crippen molar-refractivity contribution in [1.29, 1.82) is 5.26 Å². The van der Waals surface area contributed by atoms with Crippen LogP contribution in [0.15, 0.2) is 75.4 Å². The lowest BCUT2D eigenvalue weighted by atomic mass is 10.1. The number of nitrogens with zero attached hydrogens (tertiary/aromatic N) is 2. The van der Waals surface area contributed by atoms with E-state index in [2.05, 4.69) is 11.7 Å². The number of aldehydes is 1. The summed E-state index contributed by atoms with van der Waals surface area (Å²) >= 11 is 3.12. The van der Waals surface area contributed by atoms with E-state index in [1.807, 2.05) is 42.7 Å². The molecule has 2 N–H and O–H groups in total. The molecule has 182 valence electrons. The molecule has 0 spiro atoms. The van der Waals surface area contributed by atoms with Crippen LogP contribution < -0.4 is 19.9 Å². The number of carbonyl (C=O) groups excluding carboxylic acids is 1. The Kier molecular flexibility index (Phi) is 11.7. The third-order valence-corrected chi connectivity index (χ3v) is 6.22. The first kappa shape index (κ1) is 27.8. The first-order valence-corrected chi connectivity index (χ1v) is 12.6. The van der Waals surface area contributed by atoms with Crippen LogP contribution in [0.3, 0.4) is 0 Å². The van der Waals surface area contributed by atoms with Gasteiger partial charge in [-0.15, -0.1) is 23.5 Å². The zero-order chi connectivity index (χ0) is 25.6. The summed E-state index contributed by atoms with van der Waals surface area (Å²) in [7, 11) is 3.18. The van der Waals surface area contributed by atoms with Gasteiger partial charge in [0.2, 0.25) is 0 Å². The molecule has 0 fully saturated rings. The number of hydrogen-bond acceptors (Lipinski definition) is 9. The summed E-state index contributed by atoms with van der Waals surface area (Å²) in [5.41, 5.74) is 7.52. The standard InChI is InChI=1S/C16H13NO2S.C10H14N2O2S/c1-20-15-7-5-13(6-8-15)16(11-18)19-14-4-2-3-12(9-14)10-17;1-12-7-4-8(13-2)9(14-3)5-10(7)15-6-11/h2-9,11,16H,1H3;4-5H,1,6,11H2,2-3H3. The third kappa shape index (κ3) is 8.07. The highest BCUT2D eigenvalue weighted by Gasteiger charge is 2.13. The second kappa shape index (κ2) is 14.7. The largest absolute Gasteiger partial charge is 0.493 e. The SMILES string of the molecule is C=Nc1cc(OC)c(OC)cc1SCN.CSc1ccc(C(C=O)Oc2cccc(C#N)c2)cc1. The summed E-state index contributed by atoms with van der Waals surface area (Å²) in [5.74, 6) is 2.30. The van der Waals surface area contributed by atoms with Crippen molar-refractivity contribution in [3.8, 4) is 23.3 Å². The third-order valence-electron chi connectivity index (χ3n) is 4.67. The molecule has 0 bridgehead atoms. The molecule has 3 aromatic carbocycles. The number of ether oxygens (including phenoxy) is 3.